The van der Waals surface area contributed by atoms with Gasteiger partial charge in [-0.3, -0.25) is 0 Å². The highest BCUT2D eigenvalue weighted by Crippen LogP contribution is 2.38. The summed E-state index contributed by atoms with van der Waals surface area (Å²) in [7, 11) is 0. The number of rotatable bonds is 7. The first-order chi connectivity index (χ1) is 18.5. The van der Waals surface area contributed by atoms with Gasteiger partial charge in [0.1, 0.15) is 5.75 Å². The van der Waals surface area contributed by atoms with Crippen molar-refractivity contribution in [2.75, 3.05) is 6.54 Å². The van der Waals surface area contributed by atoms with Gasteiger partial charge in [-0.1, -0.05) is 30.2 Å². The molecule has 0 spiro atoms. The second-order valence-electron chi connectivity index (χ2n) is 6.73. The summed E-state index contributed by atoms with van der Waals surface area (Å²) in [6.07, 6.45) is -3.52. The van der Waals surface area contributed by atoms with Crippen LogP contribution in [0.3, 0.4) is 0 Å². The van der Waals surface area contributed by atoms with E-state index in [1.165, 1.54) is 13.8 Å². The van der Waals surface area contributed by atoms with Gasteiger partial charge in [-0.15, -0.1) is 0 Å². The Morgan fingerprint density at radius 1 is 1.47 bits per heavy atom. The fraction of sp³-hybridized carbons (Fsp3) is 0.375. The van der Waals surface area contributed by atoms with Crippen LogP contribution < -0.4 is 10.1 Å². The summed E-state index contributed by atoms with van der Waals surface area (Å²) in [5, 5.41) is 6.78. The summed E-state index contributed by atoms with van der Waals surface area (Å²) in [5.74, 6) is -1.24. The maximum Gasteiger partial charge on any atom is 0.256 e. The van der Waals surface area contributed by atoms with E-state index in [0.29, 0.717) is 13.0 Å². The summed E-state index contributed by atoms with van der Waals surface area (Å²) >= 11 is 0. The number of aromatic nitrogens is 2. The van der Waals surface area contributed by atoms with Gasteiger partial charge in [0.05, 0.1) is 22.2 Å². The average molecular weight is 413 g/mol. The Morgan fingerprint density at radius 3 is 3.10 bits per heavy atom. The van der Waals surface area contributed by atoms with Crippen molar-refractivity contribution >= 4 is 5.69 Å². The quantitative estimate of drug-likeness (QED) is 0.502. The van der Waals surface area contributed by atoms with Gasteiger partial charge in [0.15, 0.2) is 0 Å². The third-order valence-corrected chi connectivity index (χ3v) is 4.25. The largest absolute Gasteiger partial charge is 0.502 e. The third kappa shape index (κ3) is 3.94. The van der Waals surface area contributed by atoms with Crippen LogP contribution in [0.25, 0.3) is 27.7 Å². The molecule has 0 saturated carbocycles. The van der Waals surface area contributed by atoms with Crippen LogP contribution >= 0.6 is 0 Å². The molecule has 0 radical (unpaired) electrons. The maximum atomic E-state index is 8.93. The van der Waals surface area contributed by atoms with E-state index in [1.54, 1.807) is 0 Å². The Balaban J connectivity index is 1.96. The first-order valence-electron chi connectivity index (χ1n) is 14.4. The van der Waals surface area contributed by atoms with Gasteiger partial charge >= 0.3 is 0 Å². The molecule has 3 aromatic rings. The maximum absolute atomic E-state index is 8.93. The van der Waals surface area contributed by atoms with Gasteiger partial charge in [-0.25, -0.2) is 4.85 Å². The lowest BCUT2D eigenvalue weighted by Crippen LogP contribution is -2.19. The van der Waals surface area contributed by atoms with Crippen LogP contribution in [0.5, 0.6) is 5.75 Å². The standard InChI is InChI=1S/C24H26N4O2/c1-5-13-26-20-11-10-17-18(20)7-6-8-19(17)23-27-24(30-28-23)16-9-12-22(29-15(2)3)21(14-16)25-4/h6-9,12,14-15,20,26H,5,10-11,13H2,1-3H3/t20-/m0/s1/i6D,7D,8D,9D,10D2,12D,14D,15D,20D. The zero-order valence-corrected chi connectivity index (χ0v) is 16.8. The van der Waals surface area contributed by atoms with E-state index < -0.39 is 72.1 Å². The van der Waals surface area contributed by atoms with E-state index >= 15 is 0 Å². The minimum Gasteiger partial charge on any atom is -0.502 e. The zero-order valence-electron chi connectivity index (χ0n) is 26.8. The van der Waals surface area contributed by atoms with Crippen LogP contribution in [0.1, 0.15) is 64.5 Å². The van der Waals surface area contributed by atoms with Crippen molar-refractivity contribution in [2.24, 2.45) is 0 Å². The van der Waals surface area contributed by atoms with Crippen molar-refractivity contribution in [3.8, 4) is 28.6 Å². The monoisotopic (exact) mass is 412 g/mol. The third-order valence-electron chi connectivity index (χ3n) is 4.25. The molecule has 0 amide bonds. The summed E-state index contributed by atoms with van der Waals surface area (Å²) in [5.41, 5.74) is -1.36. The van der Waals surface area contributed by atoms with E-state index in [4.69, 9.17) is 29.5 Å². The lowest BCUT2D eigenvalue weighted by atomic mass is 10.0. The summed E-state index contributed by atoms with van der Waals surface area (Å²) in [4.78, 5) is 7.44. The summed E-state index contributed by atoms with van der Waals surface area (Å²) in [6, 6.07) is -5.04. The molecule has 1 heterocycles. The van der Waals surface area contributed by atoms with Crippen LogP contribution in [-0.2, 0) is 6.37 Å². The highest BCUT2D eigenvalue weighted by atomic mass is 16.5. The van der Waals surface area contributed by atoms with E-state index in [1.807, 2.05) is 6.92 Å². The van der Waals surface area contributed by atoms with Crippen LogP contribution in [0, 0.1) is 6.57 Å². The van der Waals surface area contributed by atoms with Crippen LogP contribution in [0.15, 0.2) is 40.8 Å². The Morgan fingerprint density at radius 2 is 2.33 bits per heavy atom. The van der Waals surface area contributed by atoms with Crippen molar-refractivity contribution in [1.82, 2.24) is 15.5 Å². The number of hydrogen-bond donors (Lipinski definition) is 1. The first kappa shape index (κ1) is 11.3. The summed E-state index contributed by atoms with van der Waals surface area (Å²) < 4.78 is 95.6. The molecule has 0 bridgehead atoms. The summed E-state index contributed by atoms with van der Waals surface area (Å²) in [6.45, 7) is 12.5. The Hall–Kier alpha value is -3.17. The van der Waals surface area contributed by atoms with Gasteiger partial charge < -0.3 is 14.6 Å². The Labute approximate surface area is 191 Å². The van der Waals surface area contributed by atoms with Gasteiger partial charge in [-0.2, -0.15) is 4.98 Å². The molecule has 30 heavy (non-hydrogen) atoms. The van der Waals surface area contributed by atoms with Crippen molar-refractivity contribution in [3.05, 3.63) is 58.8 Å². The highest BCUT2D eigenvalue weighted by molar-refractivity contribution is 5.70. The molecule has 4 rings (SSSR count). The molecule has 2 aromatic carbocycles. The predicted molar refractivity (Wildman–Crippen MR) is 117 cm³/mol. The Kier molecular flexibility index (Phi) is 3.27. The molecule has 1 aliphatic carbocycles. The smallest absolute Gasteiger partial charge is 0.256 e. The molecule has 0 aliphatic heterocycles. The second kappa shape index (κ2) is 8.68. The van der Waals surface area contributed by atoms with Gasteiger partial charge in [0.25, 0.3) is 5.89 Å². The fourth-order valence-corrected chi connectivity index (χ4v) is 2.94. The van der Waals surface area contributed by atoms with E-state index in [9.17, 15) is 0 Å². The van der Waals surface area contributed by atoms with Crippen molar-refractivity contribution in [3.63, 3.8) is 0 Å². The minimum absolute atomic E-state index is 0.0982. The Bertz CT molecular complexity index is 1560. The SMILES string of the molecule is [2H]c1c([2H])c(-c2noc(-c3c([2H])c([2H])c(OC([2H])(C)C)c([N+]#[C-])c3[2H])n2)c2c(c1[2H])[C@@]([2H])(NCCC)CC2([2H])[2H]. The van der Waals surface area contributed by atoms with Crippen molar-refractivity contribution in [2.45, 2.75) is 52.1 Å². The lowest BCUT2D eigenvalue weighted by Gasteiger charge is -2.13. The predicted octanol–water partition coefficient (Wildman–Crippen LogP) is 5.73. The molecule has 0 saturated heterocycles. The molecule has 6 nitrogen and oxygen atoms in total. The molecule has 1 atom stereocenters. The highest BCUT2D eigenvalue weighted by Gasteiger charge is 2.26. The van der Waals surface area contributed by atoms with Crippen LogP contribution in [0.4, 0.5) is 5.69 Å². The topological polar surface area (TPSA) is 64.5 Å². The molecule has 0 unspecified atom stereocenters. The number of nitrogens with zero attached hydrogens (tertiary/aromatic N) is 3. The molecule has 1 aromatic heterocycles. The number of ether oxygens (including phenoxy) is 1. The van der Waals surface area contributed by atoms with Crippen molar-refractivity contribution < 1.29 is 23.0 Å². The van der Waals surface area contributed by atoms with Gasteiger partial charge in [0, 0.05) is 21.3 Å². The minimum atomic E-state index is -2.21. The van der Waals surface area contributed by atoms with Crippen molar-refractivity contribution in [1.29, 1.82) is 0 Å². The molecule has 0 fully saturated rings. The average Bonchev–Trinajstić information content (AvgIpc) is 3.40. The van der Waals surface area contributed by atoms with Gasteiger partial charge in [-0.05, 0) is 68.9 Å². The van der Waals surface area contributed by atoms with Crippen LogP contribution in [0.2, 0.25) is 0 Å². The molecular weight excluding hydrogens is 376 g/mol. The number of benzene rings is 2. The molecular formula is C24H26N4O2. The normalized spacial score (nSPS) is 24.5. The number of hydrogen-bond acceptors (Lipinski definition) is 5. The van der Waals surface area contributed by atoms with Crippen LogP contribution in [-0.4, -0.2) is 22.8 Å². The molecule has 1 aliphatic rings. The second-order valence-corrected chi connectivity index (χ2v) is 6.73. The lowest BCUT2D eigenvalue weighted by molar-refractivity contribution is 0.244. The molecule has 1 N–H and O–H groups in total. The van der Waals surface area contributed by atoms with Gasteiger partial charge in [0.2, 0.25) is 11.5 Å². The zero-order chi connectivity index (χ0) is 29.9. The van der Waals surface area contributed by atoms with E-state index in [0.717, 1.165) is 0 Å². The molecule has 154 valence electrons. The number of fused-ring (bicyclic) bond motifs is 1. The molecule has 6 heteroatoms. The van der Waals surface area contributed by atoms with E-state index in [2.05, 4.69) is 20.3 Å². The first-order valence-corrected chi connectivity index (χ1v) is 9.43. The number of nitrogens with one attached hydrogen (secondary N) is 1. The van der Waals surface area contributed by atoms with E-state index in [-0.39, 0.29) is 34.5 Å². The fourth-order valence-electron chi connectivity index (χ4n) is 2.94.